The summed E-state index contributed by atoms with van der Waals surface area (Å²) in [5.74, 6) is 0.286. The SMILES string of the molecule is CC(NCCCN1CCCCC1C)C(=O)N1CCCC1. The minimum Gasteiger partial charge on any atom is -0.341 e. The summed E-state index contributed by atoms with van der Waals surface area (Å²) in [4.78, 5) is 16.7. The van der Waals surface area contributed by atoms with Crippen molar-refractivity contribution in [3.63, 3.8) is 0 Å². The van der Waals surface area contributed by atoms with Crippen LogP contribution in [0.25, 0.3) is 0 Å². The van der Waals surface area contributed by atoms with Gasteiger partial charge in [-0.15, -0.1) is 0 Å². The third-order valence-corrected chi connectivity index (χ3v) is 4.80. The Kier molecular flexibility index (Phi) is 6.30. The largest absolute Gasteiger partial charge is 0.341 e. The Labute approximate surface area is 123 Å². The Balaban J connectivity index is 1.59. The van der Waals surface area contributed by atoms with Crippen LogP contribution in [0.3, 0.4) is 0 Å². The zero-order valence-corrected chi connectivity index (χ0v) is 13.2. The number of hydrogen-bond donors (Lipinski definition) is 1. The molecule has 0 radical (unpaired) electrons. The van der Waals surface area contributed by atoms with Crippen LogP contribution in [0.1, 0.15) is 52.4 Å². The van der Waals surface area contributed by atoms with Gasteiger partial charge in [0.15, 0.2) is 0 Å². The van der Waals surface area contributed by atoms with Gasteiger partial charge in [-0.25, -0.2) is 0 Å². The maximum atomic E-state index is 12.1. The number of nitrogens with zero attached hydrogens (tertiary/aromatic N) is 2. The van der Waals surface area contributed by atoms with Crippen molar-refractivity contribution in [1.82, 2.24) is 15.1 Å². The third-order valence-electron chi connectivity index (χ3n) is 4.80. The Bertz CT molecular complexity index is 302. The van der Waals surface area contributed by atoms with Gasteiger partial charge in [-0.3, -0.25) is 4.79 Å². The van der Waals surface area contributed by atoms with E-state index in [9.17, 15) is 4.79 Å². The highest BCUT2D eigenvalue weighted by atomic mass is 16.2. The average molecular weight is 281 g/mol. The van der Waals surface area contributed by atoms with Gasteiger partial charge in [-0.1, -0.05) is 6.42 Å². The van der Waals surface area contributed by atoms with Crippen molar-refractivity contribution in [3.05, 3.63) is 0 Å². The van der Waals surface area contributed by atoms with Crippen LogP contribution in [0.5, 0.6) is 0 Å². The lowest BCUT2D eigenvalue weighted by Crippen LogP contribution is -2.45. The molecule has 20 heavy (non-hydrogen) atoms. The predicted octanol–water partition coefficient (Wildman–Crippen LogP) is 1.85. The van der Waals surface area contributed by atoms with E-state index in [1.54, 1.807) is 0 Å². The molecule has 116 valence electrons. The van der Waals surface area contributed by atoms with Gasteiger partial charge in [-0.05, 0) is 65.6 Å². The van der Waals surface area contributed by atoms with Gasteiger partial charge in [0, 0.05) is 19.1 Å². The van der Waals surface area contributed by atoms with Gasteiger partial charge < -0.3 is 15.1 Å². The van der Waals surface area contributed by atoms with Crippen molar-refractivity contribution in [3.8, 4) is 0 Å². The summed E-state index contributed by atoms with van der Waals surface area (Å²) in [6, 6.07) is 0.722. The molecule has 2 atom stereocenters. The van der Waals surface area contributed by atoms with Gasteiger partial charge in [0.1, 0.15) is 0 Å². The smallest absolute Gasteiger partial charge is 0.239 e. The maximum absolute atomic E-state index is 12.1. The molecule has 0 aromatic rings. The highest BCUT2D eigenvalue weighted by molar-refractivity contribution is 5.81. The first-order chi connectivity index (χ1) is 9.68. The summed E-state index contributed by atoms with van der Waals surface area (Å²) in [6.45, 7) is 9.62. The van der Waals surface area contributed by atoms with Crippen molar-refractivity contribution >= 4 is 5.91 Å². The van der Waals surface area contributed by atoms with E-state index < -0.39 is 0 Å². The molecule has 4 nitrogen and oxygen atoms in total. The van der Waals surface area contributed by atoms with Crippen LogP contribution in [0.15, 0.2) is 0 Å². The van der Waals surface area contributed by atoms with Gasteiger partial charge in [0.25, 0.3) is 0 Å². The van der Waals surface area contributed by atoms with E-state index in [2.05, 4.69) is 17.1 Å². The molecule has 0 spiro atoms. The number of rotatable bonds is 6. The molecular formula is C16H31N3O. The lowest BCUT2D eigenvalue weighted by molar-refractivity contribution is -0.131. The van der Waals surface area contributed by atoms with Crippen LogP contribution >= 0.6 is 0 Å². The zero-order valence-electron chi connectivity index (χ0n) is 13.2. The molecular weight excluding hydrogens is 250 g/mol. The fourth-order valence-electron chi connectivity index (χ4n) is 3.39. The van der Waals surface area contributed by atoms with Crippen LogP contribution in [-0.2, 0) is 4.79 Å². The maximum Gasteiger partial charge on any atom is 0.239 e. The van der Waals surface area contributed by atoms with Crippen LogP contribution < -0.4 is 5.32 Å². The summed E-state index contributed by atoms with van der Waals surface area (Å²) in [6.07, 6.45) is 7.56. The quantitative estimate of drug-likeness (QED) is 0.755. The molecule has 2 fully saturated rings. The second-order valence-electron chi connectivity index (χ2n) is 6.44. The van der Waals surface area contributed by atoms with Gasteiger partial charge >= 0.3 is 0 Å². The number of carbonyl (C=O) groups is 1. The summed E-state index contributed by atoms with van der Waals surface area (Å²) < 4.78 is 0. The molecule has 0 aromatic heterocycles. The lowest BCUT2D eigenvalue weighted by atomic mass is 10.0. The van der Waals surface area contributed by atoms with Crippen LogP contribution in [0, 0.1) is 0 Å². The van der Waals surface area contributed by atoms with Crippen LogP contribution in [-0.4, -0.2) is 60.5 Å². The Morgan fingerprint density at radius 2 is 1.90 bits per heavy atom. The molecule has 1 amide bonds. The zero-order chi connectivity index (χ0) is 14.4. The summed E-state index contributed by atoms with van der Waals surface area (Å²) >= 11 is 0. The first-order valence-corrected chi connectivity index (χ1v) is 8.44. The van der Waals surface area contributed by atoms with E-state index in [0.717, 1.165) is 32.1 Å². The van der Waals surface area contributed by atoms with Gasteiger partial charge in [0.2, 0.25) is 5.91 Å². The fraction of sp³-hybridized carbons (Fsp3) is 0.938. The van der Waals surface area contributed by atoms with E-state index in [1.165, 1.54) is 45.2 Å². The molecule has 2 unspecified atom stereocenters. The number of nitrogens with one attached hydrogen (secondary N) is 1. The number of carbonyl (C=O) groups excluding carboxylic acids is 1. The minimum atomic E-state index is -0.0214. The Morgan fingerprint density at radius 3 is 2.60 bits per heavy atom. The first kappa shape index (κ1) is 15.8. The van der Waals surface area contributed by atoms with Crippen molar-refractivity contribution in [2.75, 3.05) is 32.7 Å². The Hall–Kier alpha value is -0.610. The van der Waals surface area contributed by atoms with Crippen molar-refractivity contribution in [2.24, 2.45) is 0 Å². The average Bonchev–Trinajstić information content (AvgIpc) is 2.98. The van der Waals surface area contributed by atoms with Crippen LogP contribution in [0.2, 0.25) is 0 Å². The minimum absolute atomic E-state index is 0.0214. The van der Waals surface area contributed by atoms with E-state index in [0.29, 0.717) is 0 Å². The molecule has 0 bridgehead atoms. The Morgan fingerprint density at radius 1 is 1.20 bits per heavy atom. The number of likely N-dealkylation sites (tertiary alicyclic amines) is 2. The van der Waals surface area contributed by atoms with E-state index in [1.807, 2.05) is 11.8 Å². The highest BCUT2D eigenvalue weighted by Gasteiger charge is 2.22. The molecule has 2 rings (SSSR count). The number of hydrogen-bond acceptors (Lipinski definition) is 3. The molecule has 0 aromatic carbocycles. The molecule has 2 saturated heterocycles. The fourth-order valence-corrected chi connectivity index (χ4v) is 3.39. The van der Waals surface area contributed by atoms with Gasteiger partial charge in [-0.2, -0.15) is 0 Å². The van der Waals surface area contributed by atoms with E-state index in [4.69, 9.17) is 0 Å². The van der Waals surface area contributed by atoms with Gasteiger partial charge in [0.05, 0.1) is 6.04 Å². The van der Waals surface area contributed by atoms with Crippen LogP contribution in [0.4, 0.5) is 0 Å². The monoisotopic (exact) mass is 281 g/mol. The van der Waals surface area contributed by atoms with E-state index >= 15 is 0 Å². The van der Waals surface area contributed by atoms with Crippen molar-refractivity contribution in [1.29, 1.82) is 0 Å². The molecule has 2 aliphatic rings. The third kappa shape index (κ3) is 4.45. The second kappa shape index (κ2) is 7.99. The first-order valence-electron chi connectivity index (χ1n) is 8.44. The van der Waals surface area contributed by atoms with E-state index in [-0.39, 0.29) is 11.9 Å². The number of piperidine rings is 1. The molecule has 0 saturated carbocycles. The lowest BCUT2D eigenvalue weighted by Gasteiger charge is -2.33. The number of amides is 1. The highest BCUT2D eigenvalue weighted by Crippen LogP contribution is 2.16. The normalized spacial score (nSPS) is 25.9. The molecule has 1 N–H and O–H groups in total. The summed E-state index contributed by atoms with van der Waals surface area (Å²) in [7, 11) is 0. The second-order valence-corrected chi connectivity index (χ2v) is 6.44. The summed E-state index contributed by atoms with van der Waals surface area (Å²) in [5, 5.41) is 3.40. The molecule has 2 aliphatic heterocycles. The molecule has 0 aliphatic carbocycles. The van der Waals surface area contributed by atoms with Crippen molar-refractivity contribution in [2.45, 2.75) is 64.5 Å². The predicted molar refractivity (Wildman–Crippen MR) is 82.8 cm³/mol. The topological polar surface area (TPSA) is 35.6 Å². The molecule has 4 heteroatoms. The standard InChI is InChI=1S/C16H31N3O/c1-14-8-3-4-10-18(14)13-7-9-17-15(2)16(20)19-11-5-6-12-19/h14-15,17H,3-13H2,1-2H3. The van der Waals surface area contributed by atoms with Crippen molar-refractivity contribution < 1.29 is 4.79 Å². The summed E-state index contributed by atoms with van der Waals surface area (Å²) in [5.41, 5.74) is 0. The molecule has 2 heterocycles.